The van der Waals surface area contributed by atoms with Gasteiger partial charge in [-0.1, -0.05) is 0 Å². The molecule has 0 saturated heterocycles. The minimum atomic E-state index is 0.765. The summed E-state index contributed by atoms with van der Waals surface area (Å²) in [4.78, 5) is 8.92. The third kappa shape index (κ3) is 1.71. The number of hydrogen-bond acceptors (Lipinski definition) is 2. The summed E-state index contributed by atoms with van der Waals surface area (Å²) >= 11 is 0. The van der Waals surface area contributed by atoms with Crippen molar-refractivity contribution in [1.82, 2.24) is 9.97 Å². The second kappa shape index (κ2) is 2.79. The molecule has 0 N–H and O–H groups in total. The maximum Gasteiger partial charge on any atom is 0.128 e. The van der Waals surface area contributed by atoms with Crippen LogP contribution in [0.1, 0.15) is 43.1 Å². The Morgan fingerprint density at radius 2 is 2.08 bits per heavy atom. The average Bonchev–Trinajstić information content (AvgIpc) is 3.00. The number of hydrogen-bond donors (Lipinski definition) is 0. The topological polar surface area (TPSA) is 25.8 Å². The van der Waals surface area contributed by atoms with Crippen LogP contribution in [0.2, 0.25) is 0 Å². The van der Waals surface area contributed by atoms with Crippen LogP contribution in [-0.4, -0.2) is 9.97 Å². The molecule has 2 heteroatoms. The zero-order valence-electron chi connectivity index (χ0n) is 7.74. The fraction of sp³-hybridized carbons (Fsp3) is 0.636. The van der Waals surface area contributed by atoms with Crippen LogP contribution in [0.25, 0.3) is 0 Å². The van der Waals surface area contributed by atoms with Gasteiger partial charge in [0.2, 0.25) is 0 Å². The van der Waals surface area contributed by atoms with Crippen LogP contribution in [0.3, 0.4) is 0 Å². The Hall–Kier alpha value is -0.920. The van der Waals surface area contributed by atoms with Crippen molar-refractivity contribution in [1.29, 1.82) is 0 Å². The lowest BCUT2D eigenvalue weighted by Gasteiger charge is -2.00. The molecule has 0 aromatic carbocycles. The van der Waals surface area contributed by atoms with Crippen molar-refractivity contribution in [2.75, 3.05) is 0 Å². The van der Waals surface area contributed by atoms with E-state index in [1.54, 1.807) is 0 Å². The van der Waals surface area contributed by atoms with E-state index in [1.807, 2.05) is 6.20 Å². The first kappa shape index (κ1) is 7.48. The van der Waals surface area contributed by atoms with Crippen molar-refractivity contribution >= 4 is 0 Å². The summed E-state index contributed by atoms with van der Waals surface area (Å²) in [5.41, 5.74) is 1.28. The van der Waals surface area contributed by atoms with E-state index in [-0.39, 0.29) is 0 Å². The lowest BCUT2D eigenvalue weighted by Crippen LogP contribution is -1.98. The van der Waals surface area contributed by atoms with Gasteiger partial charge in [0.05, 0.1) is 0 Å². The van der Waals surface area contributed by atoms with E-state index in [2.05, 4.69) is 16.0 Å². The SMILES string of the molecule is c1cc(C2CC2)nc(CC2CC2)n1. The smallest absolute Gasteiger partial charge is 0.128 e. The van der Waals surface area contributed by atoms with E-state index in [9.17, 15) is 0 Å². The first-order chi connectivity index (χ1) is 6.42. The maximum absolute atomic E-state index is 4.60. The molecule has 1 aromatic heterocycles. The highest BCUT2D eigenvalue weighted by Gasteiger charge is 2.26. The summed E-state index contributed by atoms with van der Waals surface area (Å²) in [6.07, 6.45) is 8.48. The van der Waals surface area contributed by atoms with Gasteiger partial charge in [-0.05, 0) is 37.7 Å². The summed E-state index contributed by atoms with van der Waals surface area (Å²) in [5, 5.41) is 0. The van der Waals surface area contributed by atoms with Crippen molar-refractivity contribution < 1.29 is 0 Å². The molecule has 2 aliphatic rings. The van der Waals surface area contributed by atoms with E-state index in [1.165, 1.54) is 31.4 Å². The lowest BCUT2D eigenvalue weighted by atomic mass is 10.2. The van der Waals surface area contributed by atoms with Crippen molar-refractivity contribution in [2.45, 2.75) is 38.0 Å². The Balaban J connectivity index is 1.79. The Kier molecular flexibility index (Phi) is 1.61. The normalized spacial score (nSPS) is 21.8. The molecule has 0 unspecified atom stereocenters. The Labute approximate surface area is 78.4 Å². The van der Waals surface area contributed by atoms with E-state index in [0.717, 1.165) is 24.1 Å². The van der Waals surface area contributed by atoms with Crippen LogP contribution < -0.4 is 0 Å². The largest absolute Gasteiger partial charge is 0.241 e. The van der Waals surface area contributed by atoms with Gasteiger partial charge in [-0.3, -0.25) is 0 Å². The quantitative estimate of drug-likeness (QED) is 0.702. The Bertz CT molecular complexity index is 314. The first-order valence-electron chi connectivity index (χ1n) is 5.23. The summed E-state index contributed by atoms with van der Waals surface area (Å²) in [7, 11) is 0. The highest BCUT2D eigenvalue weighted by Crippen LogP contribution is 2.39. The highest BCUT2D eigenvalue weighted by molar-refractivity contribution is 5.14. The Morgan fingerprint density at radius 1 is 1.23 bits per heavy atom. The third-order valence-electron chi connectivity index (χ3n) is 2.89. The third-order valence-corrected chi connectivity index (χ3v) is 2.89. The molecule has 2 aliphatic carbocycles. The summed E-state index contributed by atoms with van der Waals surface area (Å²) < 4.78 is 0. The second-order valence-electron chi connectivity index (χ2n) is 4.32. The predicted molar refractivity (Wildman–Crippen MR) is 50.4 cm³/mol. The molecular formula is C11H14N2. The fourth-order valence-electron chi connectivity index (χ4n) is 1.70. The van der Waals surface area contributed by atoms with Crippen LogP contribution in [-0.2, 0) is 6.42 Å². The minimum absolute atomic E-state index is 0.765. The molecule has 0 spiro atoms. The van der Waals surface area contributed by atoms with E-state index in [4.69, 9.17) is 0 Å². The van der Waals surface area contributed by atoms with Crippen molar-refractivity contribution in [3.63, 3.8) is 0 Å². The van der Waals surface area contributed by atoms with Gasteiger partial charge in [-0.25, -0.2) is 9.97 Å². The predicted octanol–water partition coefficient (Wildman–Crippen LogP) is 2.31. The van der Waals surface area contributed by atoms with Crippen LogP contribution in [0.15, 0.2) is 12.3 Å². The second-order valence-corrected chi connectivity index (χ2v) is 4.32. The van der Waals surface area contributed by atoms with Crippen LogP contribution in [0.4, 0.5) is 0 Å². The van der Waals surface area contributed by atoms with Crippen LogP contribution in [0, 0.1) is 5.92 Å². The van der Waals surface area contributed by atoms with Gasteiger partial charge in [0, 0.05) is 24.2 Å². The number of nitrogens with zero attached hydrogens (tertiary/aromatic N) is 2. The lowest BCUT2D eigenvalue weighted by molar-refractivity contribution is 0.756. The molecule has 0 atom stereocenters. The molecule has 2 saturated carbocycles. The van der Waals surface area contributed by atoms with Crippen LogP contribution >= 0.6 is 0 Å². The average molecular weight is 174 g/mol. The van der Waals surface area contributed by atoms with Crippen molar-refractivity contribution in [3.8, 4) is 0 Å². The van der Waals surface area contributed by atoms with Crippen molar-refractivity contribution in [2.24, 2.45) is 5.92 Å². The van der Waals surface area contributed by atoms with Crippen molar-refractivity contribution in [3.05, 3.63) is 23.8 Å². The number of rotatable bonds is 3. The van der Waals surface area contributed by atoms with Gasteiger partial charge in [-0.2, -0.15) is 0 Å². The molecule has 13 heavy (non-hydrogen) atoms. The monoisotopic (exact) mass is 174 g/mol. The number of aromatic nitrogens is 2. The zero-order chi connectivity index (χ0) is 8.67. The summed E-state index contributed by atoms with van der Waals surface area (Å²) in [6, 6.07) is 2.08. The van der Waals surface area contributed by atoms with Gasteiger partial charge >= 0.3 is 0 Å². The molecule has 2 nitrogen and oxygen atoms in total. The molecule has 0 amide bonds. The van der Waals surface area contributed by atoms with E-state index >= 15 is 0 Å². The van der Waals surface area contributed by atoms with Gasteiger partial charge in [0.1, 0.15) is 5.82 Å². The minimum Gasteiger partial charge on any atom is -0.241 e. The molecule has 68 valence electrons. The molecular weight excluding hydrogens is 160 g/mol. The highest BCUT2D eigenvalue weighted by atomic mass is 14.9. The van der Waals surface area contributed by atoms with Gasteiger partial charge in [0.15, 0.2) is 0 Å². The molecule has 2 fully saturated rings. The first-order valence-corrected chi connectivity index (χ1v) is 5.23. The van der Waals surface area contributed by atoms with Gasteiger partial charge in [0.25, 0.3) is 0 Å². The van der Waals surface area contributed by atoms with Crippen LogP contribution in [0.5, 0.6) is 0 Å². The standard InChI is InChI=1S/C11H14N2/c1-2-8(1)7-11-12-6-5-10(13-11)9-3-4-9/h5-6,8-9H,1-4,7H2. The molecule has 0 aliphatic heterocycles. The van der Waals surface area contributed by atoms with E-state index < -0.39 is 0 Å². The van der Waals surface area contributed by atoms with Gasteiger partial charge in [-0.15, -0.1) is 0 Å². The fourth-order valence-corrected chi connectivity index (χ4v) is 1.70. The summed E-state index contributed by atoms with van der Waals surface area (Å²) in [5.74, 6) is 2.74. The maximum atomic E-state index is 4.60. The zero-order valence-corrected chi connectivity index (χ0v) is 7.74. The molecule has 0 bridgehead atoms. The summed E-state index contributed by atoms with van der Waals surface area (Å²) in [6.45, 7) is 0. The molecule has 3 rings (SSSR count). The van der Waals surface area contributed by atoms with E-state index in [0.29, 0.717) is 0 Å². The molecule has 1 aromatic rings. The molecule has 0 radical (unpaired) electrons. The van der Waals surface area contributed by atoms with Gasteiger partial charge < -0.3 is 0 Å². The molecule has 1 heterocycles. The Morgan fingerprint density at radius 3 is 2.77 bits per heavy atom.